The van der Waals surface area contributed by atoms with Crippen molar-refractivity contribution < 1.29 is 12.8 Å². The van der Waals surface area contributed by atoms with E-state index >= 15 is 0 Å². The molecule has 156 valence electrons. The van der Waals surface area contributed by atoms with Crippen LogP contribution in [0.5, 0.6) is 0 Å². The minimum Gasteiger partial charge on any atom is -0.459 e. The molecule has 0 unspecified atom stereocenters. The molecule has 0 radical (unpaired) electrons. The monoisotopic (exact) mass is 527 g/mol. The second kappa shape index (κ2) is 10.6. The van der Waals surface area contributed by atoms with Gasteiger partial charge in [-0.15, -0.1) is 24.0 Å². The summed E-state index contributed by atoms with van der Waals surface area (Å²) < 4.78 is 30.5. The van der Waals surface area contributed by atoms with Crippen molar-refractivity contribution in [2.45, 2.75) is 24.8 Å². The van der Waals surface area contributed by atoms with Gasteiger partial charge >= 0.3 is 0 Å². The standard InChI is InChI=1S/C21H25N3O3S.HI/c1-16-18-11-6-7-12-19(18)27-20(16)15-24-21(22-2)23-13-8-14-28(25,26)17-9-4-3-5-10-17;/h3-7,9-12H,8,13-15H2,1-2H3,(H2,22,23,24);1H. The summed E-state index contributed by atoms with van der Waals surface area (Å²) in [6, 6.07) is 16.5. The maximum Gasteiger partial charge on any atom is 0.191 e. The third-order valence-corrected chi connectivity index (χ3v) is 6.38. The number of para-hydroxylation sites is 1. The van der Waals surface area contributed by atoms with Crippen molar-refractivity contribution in [3.05, 3.63) is 65.9 Å². The summed E-state index contributed by atoms with van der Waals surface area (Å²) in [5.74, 6) is 1.55. The second-order valence-electron chi connectivity index (χ2n) is 6.48. The lowest BCUT2D eigenvalue weighted by atomic mass is 10.1. The minimum atomic E-state index is -3.26. The zero-order chi connectivity index (χ0) is 20.0. The van der Waals surface area contributed by atoms with Gasteiger partial charge in [0.2, 0.25) is 0 Å². The lowest BCUT2D eigenvalue weighted by molar-refractivity contribution is 0.534. The van der Waals surface area contributed by atoms with E-state index in [1.165, 1.54) is 0 Å². The number of rotatable bonds is 7. The Balaban J connectivity index is 0.00000300. The maximum atomic E-state index is 12.3. The Morgan fingerprint density at radius 1 is 1.03 bits per heavy atom. The van der Waals surface area contributed by atoms with Crippen molar-refractivity contribution >= 4 is 50.7 Å². The van der Waals surface area contributed by atoms with Gasteiger partial charge in [0.15, 0.2) is 15.8 Å². The van der Waals surface area contributed by atoms with Gasteiger partial charge in [-0.2, -0.15) is 0 Å². The average molecular weight is 527 g/mol. The van der Waals surface area contributed by atoms with Gasteiger partial charge in [0, 0.05) is 24.5 Å². The molecule has 0 bridgehead atoms. The first-order chi connectivity index (χ1) is 13.5. The van der Waals surface area contributed by atoms with Crippen LogP contribution in [0.15, 0.2) is 68.9 Å². The number of aliphatic imine (C=N–C) groups is 1. The van der Waals surface area contributed by atoms with E-state index in [-0.39, 0.29) is 29.7 Å². The van der Waals surface area contributed by atoms with Crippen molar-refractivity contribution in [1.29, 1.82) is 0 Å². The number of aryl methyl sites for hydroxylation is 1. The number of nitrogens with zero attached hydrogens (tertiary/aromatic N) is 1. The highest BCUT2D eigenvalue weighted by atomic mass is 127. The Kier molecular flexibility index (Phi) is 8.51. The van der Waals surface area contributed by atoms with Crippen molar-refractivity contribution in [1.82, 2.24) is 10.6 Å². The highest BCUT2D eigenvalue weighted by molar-refractivity contribution is 14.0. The lowest BCUT2D eigenvalue weighted by Gasteiger charge is -2.11. The van der Waals surface area contributed by atoms with Crippen LogP contribution in [-0.4, -0.2) is 33.7 Å². The Morgan fingerprint density at radius 2 is 1.72 bits per heavy atom. The largest absolute Gasteiger partial charge is 0.459 e. The van der Waals surface area contributed by atoms with Gasteiger partial charge in [-0.1, -0.05) is 36.4 Å². The molecule has 0 amide bonds. The first-order valence-electron chi connectivity index (χ1n) is 9.20. The van der Waals surface area contributed by atoms with E-state index in [0.29, 0.717) is 30.4 Å². The zero-order valence-corrected chi connectivity index (χ0v) is 19.7. The minimum absolute atomic E-state index is 0. The molecular weight excluding hydrogens is 501 g/mol. The number of benzene rings is 2. The lowest BCUT2D eigenvalue weighted by Crippen LogP contribution is -2.37. The highest BCUT2D eigenvalue weighted by Gasteiger charge is 2.13. The molecule has 3 rings (SSSR count). The molecule has 0 spiro atoms. The van der Waals surface area contributed by atoms with Crippen molar-refractivity contribution in [3.8, 4) is 0 Å². The van der Waals surface area contributed by atoms with E-state index < -0.39 is 9.84 Å². The predicted octanol–water partition coefficient (Wildman–Crippen LogP) is 3.89. The van der Waals surface area contributed by atoms with Gasteiger partial charge < -0.3 is 15.1 Å². The van der Waals surface area contributed by atoms with Gasteiger partial charge in [0.25, 0.3) is 0 Å². The van der Waals surface area contributed by atoms with Crippen LogP contribution in [0.4, 0.5) is 0 Å². The maximum absolute atomic E-state index is 12.3. The molecule has 0 aliphatic rings. The summed E-state index contributed by atoms with van der Waals surface area (Å²) in [6.07, 6.45) is 0.488. The van der Waals surface area contributed by atoms with E-state index in [9.17, 15) is 8.42 Å². The molecule has 0 aliphatic heterocycles. The van der Waals surface area contributed by atoms with Crippen LogP contribution in [0, 0.1) is 6.92 Å². The molecule has 1 aromatic heterocycles. The first-order valence-corrected chi connectivity index (χ1v) is 10.9. The Labute approximate surface area is 188 Å². The molecule has 1 heterocycles. The summed E-state index contributed by atoms with van der Waals surface area (Å²) in [6.45, 7) is 3.04. The second-order valence-corrected chi connectivity index (χ2v) is 8.59. The van der Waals surface area contributed by atoms with Crippen LogP contribution in [-0.2, 0) is 16.4 Å². The van der Waals surface area contributed by atoms with Gasteiger partial charge in [-0.25, -0.2) is 8.42 Å². The summed E-state index contributed by atoms with van der Waals surface area (Å²) >= 11 is 0. The molecule has 0 atom stereocenters. The zero-order valence-electron chi connectivity index (χ0n) is 16.5. The van der Waals surface area contributed by atoms with Crippen LogP contribution >= 0.6 is 24.0 Å². The van der Waals surface area contributed by atoms with Crippen molar-refractivity contribution in [3.63, 3.8) is 0 Å². The topological polar surface area (TPSA) is 83.7 Å². The SMILES string of the molecule is CN=C(NCCCS(=O)(=O)c1ccccc1)NCc1oc2ccccc2c1C.I. The van der Waals surface area contributed by atoms with Crippen LogP contribution in [0.1, 0.15) is 17.7 Å². The molecule has 0 saturated heterocycles. The molecule has 2 N–H and O–H groups in total. The summed E-state index contributed by atoms with van der Waals surface area (Å²) in [5.41, 5.74) is 1.97. The van der Waals surface area contributed by atoms with E-state index in [1.54, 1.807) is 37.4 Å². The molecule has 29 heavy (non-hydrogen) atoms. The van der Waals surface area contributed by atoms with Crippen LogP contribution in [0.2, 0.25) is 0 Å². The van der Waals surface area contributed by atoms with Crippen LogP contribution in [0.3, 0.4) is 0 Å². The highest BCUT2D eigenvalue weighted by Crippen LogP contribution is 2.24. The van der Waals surface area contributed by atoms with Gasteiger partial charge in [-0.05, 0) is 31.5 Å². The fraction of sp³-hybridized carbons (Fsp3) is 0.286. The summed E-state index contributed by atoms with van der Waals surface area (Å²) in [7, 11) is -1.57. The summed E-state index contributed by atoms with van der Waals surface area (Å²) in [4.78, 5) is 4.54. The Morgan fingerprint density at radius 3 is 2.41 bits per heavy atom. The smallest absolute Gasteiger partial charge is 0.191 e. The Hall–Kier alpha value is -2.07. The van der Waals surface area contributed by atoms with Crippen LogP contribution < -0.4 is 10.6 Å². The molecule has 2 aromatic carbocycles. The number of halogens is 1. The number of hydrogen-bond acceptors (Lipinski definition) is 4. The van der Waals surface area contributed by atoms with Crippen molar-refractivity contribution in [2.75, 3.05) is 19.3 Å². The molecule has 0 fully saturated rings. The molecule has 0 saturated carbocycles. The van der Waals surface area contributed by atoms with Crippen molar-refractivity contribution in [2.24, 2.45) is 4.99 Å². The van der Waals surface area contributed by atoms with Gasteiger partial charge in [0.05, 0.1) is 17.2 Å². The number of furan rings is 1. The molecular formula is C21H26IN3O3S. The number of nitrogens with one attached hydrogen (secondary N) is 2. The van der Waals surface area contributed by atoms with Crippen LogP contribution in [0.25, 0.3) is 11.0 Å². The predicted molar refractivity (Wildman–Crippen MR) is 128 cm³/mol. The summed E-state index contributed by atoms with van der Waals surface area (Å²) in [5, 5.41) is 7.47. The van der Waals surface area contributed by atoms with E-state index in [0.717, 1.165) is 22.3 Å². The molecule has 3 aromatic rings. The van der Waals surface area contributed by atoms with E-state index in [1.807, 2.05) is 31.2 Å². The number of fused-ring (bicyclic) bond motifs is 1. The third kappa shape index (κ3) is 5.96. The van der Waals surface area contributed by atoms with Gasteiger partial charge in [-0.3, -0.25) is 4.99 Å². The number of hydrogen-bond donors (Lipinski definition) is 2. The molecule has 8 heteroatoms. The Bertz CT molecular complexity index is 1060. The van der Waals surface area contributed by atoms with Gasteiger partial charge in [0.1, 0.15) is 11.3 Å². The average Bonchev–Trinajstić information content (AvgIpc) is 3.04. The quantitative estimate of drug-likeness (QED) is 0.211. The third-order valence-electron chi connectivity index (χ3n) is 4.57. The fourth-order valence-electron chi connectivity index (χ4n) is 2.99. The number of guanidine groups is 1. The van der Waals surface area contributed by atoms with E-state index in [2.05, 4.69) is 15.6 Å². The fourth-order valence-corrected chi connectivity index (χ4v) is 4.32. The normalized spacial score (nSPS) is 11.9. The molecule has 0 aliphatic carbocycles. The van der Waals surface area contributed by atoms with E-state index in [4.69, 9.17) is 4.42 Å². The molecule has 6 nitrogen and oxygen atoms in total. The number of sulfone groups is 1. The first kappa shape index (κ1) is 23.2.